The molecule has 0 aliphatic rings. The van der Waals surface area contributed by atoms with Crippen molar-refractivity contribution in [3.8, 4) is 0 Å². The Kier molecular flexibility index (Phi) is 5.51. The van der Waals surface area contributed by atoms with E-state index in [-0.39, 0.29) is 11.5 Å². The summed E-state index contributed by atoms with van der Waals surface area (Å²) in [5.74, 6) is -0.916. The first-order valence-corrected chi connectivity index (χ1v) is 7.69. The molecule has 2 aromatic rings. The molecule has 21 heavy (non-hydrogen) atoms. The number of nitrogens with one attached hydrogen (secondary N) is 1. The van der Waals surface area contributed by atoms with Gasteiger partial charge in [0.25, 0.3) is 0 Å². The van der Waals surface area contributed by atoms with Gasteiger partial charge in [0, 0.05) is 13.0 Å². The standard InChI is InChI=1S/C16H17NO3S/c18-15(17-9-7-13-8-10-21-11-13)6-3-12-1-4-14(5-2-12)16(19)20/h1-2,4-5,8,10-11H,3,6-7,9H2,(H,17,18)(H,19,20). The number of hydrogen-bond donors (Lipinski definition) is 2. The van der Waals surface area contributed by atoms with Crippen molar-refractivity contribution in [1.29, 1.82) is 0 Å². The second-order valence-corrected chi connectivity index (χ2v) is 5.51. The van der Waals surface area contributed by atoms with E-state index in [1.165, 1.54) is 5.56 Å². The third-order valence-corrected chi connectivity index (χ3v) is 3.89. The Bertz CT molecular complexity index is 590. The summed E-state index contributed by atoms with van der Waals surface area (Å²) in [6.07, 6.45) is 1.88. The zero-order valence-corrected chi connectivity index (χ0v) is 12.4. The zero-order chi connectivity index (χ0) is 15.1. The minimum absolute atomic E-state index is 0.0209. The molecule has 0 saturated heterocycles. The molecule has 110 valence electrons. The van der Waals surface area contributed by atoms with Crippen LogP contribution in [0.25, 0.3) is 0 Å². The van der Waals surface area contributed by atoms with Crippen molar-refractivity contribution in [3.05, 3.63) is 57.8 Å². The van der Waals surface area contributed by atoms with Crippen LogP contribution in [0.3, 0.4) is 0 Å². The van der Waals surface area contributed by atoms with Crippen LogP contribution in [0.5, 0.6) is 0 Å². The van der Waals surface area contributed by atoms with Gasteiger partial charge in [-0.1, -0.05) is 12.1 Å². The Hall–Kier alpha value is -2.14. The molecule has 4 nitrogen and oxygen atoms in total. The molecule has 0 aliphatic carbocycles. The fourth-order valence-electron chi connectivity index (χ4n) is 1.94. The van der Waals surface area contributed by atoms with Crippen LogP contribution in [0.4, 0.5) is 0 Å². The minimum Gasteiger partial charge on any atom is -0.478 e. The lowest BCUT2D eigenvalue weighted by Crippen LogP contribution is -2.25. The molecule has 2 N–H and O–H groups in total. The van der Waals surface area contributed by atoms with E-state index in [2.05, 4.69) is 16.8 Å². The summed E-state index contributed by atoms with van der Waals surface area (Å²) in [6.45, 7) is 0.646. The highest BCUT2D eigenvalue weighted by atomic mass is 32.1. The maximum absolute atomic E-state index is 11.7. The van der Waals surface area contributed by atoms with Crippen molar-refractivity contribution < 1.29 is 14.7 Å². The van der Waals surface area contributed by atoms with Gasteiger partial charge in [0.05, 0.1) is 5.56 Å². The predicted molar refractivity (Wildman–Crippen MR) is 82.8 cm³/mol. The van der Waals surface area contributed by atoms with Crippen LogP contribution in [-0.2, 0) is 17.6 Å². The van der Waals surface area contributed by atoms with E-state index in [1.807, 2.05) is 5.38 Å². The Balaban J connectivity index is 1.69. The van der Waals surface area contributed by atoms with Crippen LogP contribution in [0.1, 0.15) is 27.9 Å². The summed E-state index contributed by atoms with van der Waals surface area (Å²) < 4.78 is 0. The molecule has 0 saturated carbocycles. The highest BCUT2D eigenvalue weighted by Crippen LogP contribution is 2.07. The predicted octanol–water partition coefficient (Wildman–Crippen LogP) is 2.74. The van der Waals surface area contributed by atoms with Gasteiger partial charge in [0.2, 0.25) is 5.91 Å². The number of carboxylic acids is 1. The van der Waals surface area contributed by atoms with E-state index in [9.17, 15) is 9.59 Å². The van der Waals surface area contributed by atoms with E-state index >= 15 is 0 Å². The van der Waals surface area contributed by atoms with Gasteiger partial charge in [-0.05, 0) is 52.9 Å². The number of carbonyl (C=O) groups excluding carboxylic acids is 1. The SMILES string of the molecule is O=C(CCc1ccc(C(=O)O)cc1)NCCc1ccsc1. The fraction of sp³-hybridized carbons (Fsp3) is 0.250. The number of amides is 1. The number of rotatable bonds is 7. The van der Waals surface area contributed by atoms with Gasteiger partial charge < -0.3 is 10.4 Å². The topological polar surface area (TPSA) is 66.4 Å². The van der Waals surface area contributed by atoms with Crippen LogP contribution in [0, 0.1) is 0 Å². The van der Waals surface area contributed by atoms with Gasteiger partial charge in [-0.2, -0.15) is 11.3 Å². The fourth-order valence-corrected chi connectivity index (χ4v) is 2.64. The number of hydrogen-bond acceptors (Lipinski definition) is 3. The maximum atomic E-state index is 11.7. The molecule has 0 atom stereocenters. The summed E-state index contributed by atoms with van der Waals surface area (Å²) in [7, 11) is 0. The van der Waals surface area contributed by atoms with E-state index in [4.69, 9.17) is 5.11 Å². The molecule has 1 heterocycles. The van der Waals surface area contributed by atoms with Gasteiger partial charge >= 0.3 is 5.97 Å². The molecule has 0 spiro atoms. The lowest BCUT2D eigenvalue weighted by atomic mass is 10.1. The zero-order valence-electron chi connectivity index (χ0n) is 11.5. The highest BCUT2D eigenvalue weighted by molar-refractivity contribution is 7.07. The molecule has 1 aromatic carbocycles. The molecule has 0 bridgehead atoms. The number of carboxylic acid groups (broad SMARTS) is 1. The third kappa shape index (κ3) is 5.04. The Labute approximate surface area is 127 Å². The van der Waals surface area contributed by atoms with Gasteiger partial charge in [0.1, 0.15) is 0 Å². The number of benzene rings is 1. The number of aromatic carboxylic acids is 1. The molecule has 1 amide bonds. The van der Waals surface area contributed by atoms with Crippen molar-refractivity contribution in [2.75, 3.05) is 6.54 Å². The van der Waals surface area contributed by atoms with Crippen molar-refractivity contribution in [2.24, 2.45) is 0 Å². The van der Waals surface area contributed by atoms with Gasteiger partial charge in [-0.3, -0.25) is 4.79 Å². The second-order valence-electron chi connectivity index (χ2n) is 4.73. The van der Waals surface area contributed by atoms with Gasteiger partial charge in [-0.25, -0.2) is 4.79 Å². The first kappa shape index (κ1) is 15.3. The lowest BCUT2D eigenvalue weighted by Gasteiger charge is -2.05. The monoisotopic (exact) mass is 303 g/mol. The molecule has 2 rings (SSSR count). The van der Waals surface area contributed by atoms with Crippen molar-refractivity contribution in [2.45, 2.75) is 19.3 Å². The summed E-state index contributed by atoms with van der Waals surface area (Å²) in [5, 5.41) is 15.8. The quantitative estimate of drug-likeness (QED) is 0.826. The molecular weight excluding hydrogens is 286 g/mol. The van der Waals surface area contributed by atoms with Crippen LogP contribution >= 0.6 is 11.3 Å². The molecule has 0 fully saturated rings. The van der Waals surface area contributed by atoms with Crippen molar-refractivity contribution >= 4 is 23.2 Å². The Morgan fingerprint density at radius 2 is 1.81 bits per heavy atom. The van der Waals surface area contributed by atoms with Crippen LogP contribution in [-0.4, -0.2) is 23.5 Å². The number of aryl methyl sites for hydroxylation is 1. The summed E-state index contributed by atoms with van der Waals surface area (Å²) in [6, 6.07) is 8.68. The van der Waals surface area contributed by atoms with E-state index < -0.39 is 5.97 Å². The molecule has 0 unspecified atom stereocenters. The molecule has 5 heteroatoms. The summed E-state index contributed by atoms with van der Waals surface area (Å²) in [5.41, 5.74) is 2.47. The summed E-state index contributed by atoms with van der Waals surface area (Å²) >= 11 is 1.65. The van der Waals surface area contributed by atoms with Crippen LogP contribution in [0.2, 0.25) is 0 Å². The van der Waals surface area contributed by atoms with Gasteiger partial charge in [-0.15, -0.1) is 0 Å². The maximum Gasteiger partial charge on any atom is 0.335 e. The number of carbonyl (C=O) groups is 2. The van der Waals surface area contributed by atoms with Gasteiger partial charge in [0.15, 0.2) is 0 Å². The largest absolute Gasteiger partial charge is 0.478 e. The normalized spacial score (nSPS) is 10.3. The van der Waals surface area contributed by atoms with Crippen molar-refractivity contribution in [1.82, 2.24) is 5.32 Å². The first-order valence-electron chi connectivity index (χ1n) is 6.75. The molecule has 1 aromatic heterocycles. The Morgan fingerprint density at radius 3 is 2.43 bits per heavy atom. The molecule has 0 radical (unpaired) electrons. The molecule has 0 aliphatic heterocycles. The first-order chi connectivity index (χ1) is 10.1. The minimum atomic E-state index is -0.937. The smallest absolute Gasteiger partial charge is 0.335 e. The Morgan fingerprint density at radius 1 is 1.05 bits per heavy atom. The van der Waals surface area contributed by atoms with Crippen molar-refractivity contribution in [3.63, 3.8) is 0 Å². The second kappa shape index (κ2) is 7.59. The molecular formula is C16H17NO3S. The van der Waals surface area contributed by atoms with E-state index in [0.717, 1.165) is 12.0 Å². The highest BCUT2D eigenvalue weighted by Gasteiger charge is 2.04. The number of thiophene rings is 1. The lowest BCUT2D eigenvalue weighted by molar-refractivity contribution is -0.121. The third-order valence-electron chi connectivity index (χ3n) is 3.16. The average molecular weight is 303 g/mol. The van der Waals surface area contributed by atoms with Crippen LogP contribution in [0.15, 0.2) is 41.1 Å². The summed E-state index contributed by atoms with van der Waals surface area (Å²) in [4.78, 5) is 22.4. The van der Waals surface area contributed by atoms with E-state index in [0.29, 0.717) is 19.4 Å². The average Bonchev–Trinajstić information content (AvgIpc) is 2.99. The van der Waals surface area contributed by atoms with Crippen LogP contribution < -0.4 is 5.32 Å². The van der Waals surface area contributed by atoms with E-state index in [1.54, 1.807) is 35.6 Å².